The van der Waals surface area contributed by atoms with E-state index in [9.17, 15) is 22.0 Å². The third kappa shape index (κ3) is 5.10. The molecule has 1 fully saturated rings. The van der Waals surface area contributed by atoms with Crippen molar-refractivity contribution in [3.63, 3.8) is 0 Å². The van der Waals surface area contributed by atoms with Crippen LogP contribution in [-0.4, -0.2) is 49.8 Å². The number of halogens is 2. The predicted molar refractivity (Wildman–Crippen MR) is 105 cm³/mol. The first-order valence-electron chi connectivity index (χ1n) is 9.31. The summed E-state index contributed by atoms with van der Waals surface area (Å²) in [6, 6.07) is 9.06. The molecule has 29 heavy (non-hydrogen) atoms. The summed E-state index contributed by atoms with van der Waals surface area (Å²) in [5.74, 6) is -0.797. The highest BCUT2D eigenvalue weighted by atomic mass is 32.2. The molecule has 0 spiro atoms. The number of urea groups is 1. The Morgan fingerprint density at radius 2 is 1.76 bits per heavy atom. The van der Waals surface area contributed by atoms with E-state index in [4.69, 9.17) is 0 Å². The van der Waals surface area contributed by atoms with E-state index in [1.807, 2.05) is 0 Å². The lowest BCUT2D eigenvalue weighted by atomic mass is 10.1. The Kier molecular flexibility index (Phi) is 6.49. The van der Waals surface area contributed by atoms with Crippen LogP contribution in [0.15, 0.2) is 47.4 Å². The van der Waals surface area contributed by atoms with Gasteiger partial charge in [-0.25, -0.2) is 22.0 Å². The van der Waals surface area contributed by atoms with Crippen molar-refractivity contribution in [3.8, 4) is 0 Å². The number of benzene rings is 2. The quantitative estimate of drug-likeness (QED) is 0.822. The highest BCUT2D eigenvalue weighted by molar-refractivity contribution is 7.89. The van der Waals surface area contributed by atoms with Gasteiger partial charge in [0, 0.05) is 32.7 Å². The molecule has 3 rings (SSSR count). The molecule has 2 aromatic carbocycles. The summed E-state index contributed by atoms with van der Waals surface area (Å²) in [5.41, 5.74) is 1.29. The van der Waals surface area contributed by atoms with Crippen LogP contribution in [0, 0.1) is 18.6 Å². The molecule has 0 radical (unpaired) electrons. The number of rotatable bonds is 4. The number of carbonyl (C=O) groups excluding carboxylic acids is 1. The Hall–Kier alpha value is -2.52. The van der Waals surface area contributed by atoms with Crippen LogP contribution < -0.4 is 5.32 Å². The van der Waals surface area contributed by atoms with Crippen LogP contribution >= 0.6 is 0 Å². The van der Waals surface area contributed by atoms with Crippen LogP contribution in [0.25, 0.3) is 0 Å². The number of aryl methyl sites for hydroxylation is 1. The van der Waals surface area contributed by atoms with Crippen molar-refractivity contribution >= 4 is 16.1 Å². The largest absolute Gasteiger partial charge is 0.334 e. The first kappa shape index (κ1) is 21.2. The number of carbonyl (C=O) groups is 1. The van der Waals surface area contributed by atoms with Gasteiger partial charge in [0.15, 0.2) is 0 Å². The molecule has 1 aliphatic heterocycles. The highest BCUT2D eigenvalue weighted by Gasteiger charge is 2.28. The first-order valence-corrected chi connectivity index (χ1v) is 10.7. The van der Waals surface area contributed by atoms with Crippen molar-refractivity contribution in [1.29, 1.82) is 0 Å². The second-order valence-electron chi connectivity index (χ2n) is 6.94. The number of hydrogen-bond donors (Lipinski definition) is 1. The molecule has 0 aromatic heterocycles. The normalized spacial score (nSPS) is 15.8. The molecule has 9 heteroatoms. The zero-order chi connectivity index (χ0) is 21.0. The lowest BCUT2D eigenvalue weighted by Crippen LogP contribution is -2.42. The molecular weight excluding hydrogens is 400 g/mol. The highest BCUT2D eigenvalue weighted by Crippen LogP contribution is 2.18. The van der Waals surface area contributed by atoms with Crippen molar-refractivity contribution in [2.75, 3.05) is 26.2 Å². The van der Waals surface area contributed by atoms with Crippen LogP contribution in [-0.2, 0) is 16.6 Å². The van der Waals surface area contributed by atoms with E-state index in [0.29, 0.717) is 18.5 Å². The molecule has 1 saturated heterocycles. The minimum atomic E-state index is -3.74. The maximum absolute atomic E-state index is 13.3. The van der Waals surface area contributed by atoms with E-state index in [0.717, 1.165) is 17.7 Å². The number of hydrogen-bond acceptors (Lipinski definition) is 3. The number of nitrogens with zero attached hydrogens (tertiary/aromatic N) is 2. The van der Waals surface area contributed by atoms with E-state index >= 15 is 0 Å². The van der Waals surface area contributed by atoms with Crippen molar-refractivity contribution in [3.05, 3.63) is 65.2 Å². The van der Waals surface area contributed by atoms with E-state index in [1.54, 1.807) is 24.0 Å². The summed E-state index contributed by atoms with van der Waals surface area (Å²) < 4.78 is 53.2. The lowest BCUT2D eigenvalue weighted by molar-refractivity contribution is 0.200. The van der Waals surface area contributed by atoms with Crippen molar-refractivity contribution in [1.82, 2.24) is 14.5 Å². The summed E-state index contributed by atoms with van der Waals surface area (Å²) in [4.78, 5) is 14.1. The summed E-state index contributed by atoms with van der Waals surface area (Å²) in [6.45, 7) is 3.02. The zero-order valence-electron chi connectivity index (χ0n) is 16.1. The van der Waals surface area contributed by atoms with Gasteiger partial charge >= 0.3 is 6.03 Å². The van der Waals surface area contributed by atoms with Crippen molar-refractivity contribution in [2.45, 2.75) is 24.8 Å². The minimum Gasteiger partial charge on any atom is -0.334 e. The molecule has 6 nitrogen and oxygen atoms in total. The van der Waals surface area contributed by atoms with E-state index in [2.05, 4.69) is 5.32 Å². The van der Waals surface area contributed by atoms with Gasteiger partial charge in [-0.2, -0.15) is 4.31 Å². The van der Waals surface area contributed by atoms with Gasteiger partial charge in [0.05, 0.1) is 4.90 Å². The molecule has 0 bridgehead atoms. The maximum Gasteiger partial charge on any atom is 0.317 e. The predicted octanol–water partition coefficient (Wildman–Crippen LogP) is 2.88. The smallest absolute Gasteiger partial charge is 0.317 e. The Morgan fingerprint density at radius 3 is 2.45 bits per heavy atom. The van der Waals surface area contributed by atoms with Gasteiger partial charge in [0.1, 0.15) is 11.6 Å². The fourth-order valence-corrected chi connectivity index (χ4v) is 4.67. The van der Waals surface area contributed by atoms with Gasteiger partial charge in [0.25, 0.3) is 0 Å². The van der Waals surface area contributed by atoms with Crippen LogP contribution in [0.3, 0.4) is 0 Å². The molecule has 1 heterocycles. The van der Waals surface area contributed by atoms with E-state index in [-0.39, 0.29) is 42.9 Å². The Bertz CT molecular complexity index is 981. The molecule has 156 valence electrons. The van der Waals surface area contributed by atoms with Gasteiger partial charge in [0.2, 0.25) is 10.0 Å². The lowest BCUT2D eigenvalue weighted by Gasteiger charge is -2.22. The molecule has 2 amide bonds. The van der Waals surface area contributed by atoms with Gasteiger partial charge < -0.3 is 10.2 Å². The third-order valence-corrected chi connectivity index (χ3v) is 6.77. The second-order valence-corrected chi connectivity index (χ2v) is 8.88. The minimum absolute atomic E-state index is 0.0310. The van der Waals surface area contributed by atoms with Crippen LogP contribution in [0.4, 0.5) is 13.6 Å². The molecule has 1 aliphatic rings. The SMILES string of the molecule is Cc1cc(CNC(=O)N2CCCN(S(=O)(=O)c3ccc(F)cc3)CC2)ccc1F. The van der Waals surface area contributed by atoms with Gasteiger partial charge in [-0.05, 0) is 54.8 Å². The van der Waals surface area contributed by atoms with Crippen LogP contribution in [0.1, 0.15) is 17.5 Å². The summed E-state index contributed by atoms with van der Waals surface area (Å²) in [5, 5.41) is 2.79. The molecule has 0 saturated carbocycles. The molecule has 0 unspecified atom stereocenters. The van der Waals surface area contributed by atoms with E-state index < -0.39 is 15.8 Å². The van der Waals surface area contributed by atoms with Crippen molar-refractivity contribution < 1.29 is 22.0 Å². The van der Waals surface area contributed by atoms with Gasteiger partial charge in [-0.1, -0.05) is 12.1 Å². The summed E-state index contributed by atoms with van der Waals surface area (Å²) in [6.07, 6.45) is 0.490. The van der Waals surface area contributed by atoms with Crippen LogP contribution in [0.5, 0.6) is 0 Å². The zero-order valence-corrected chi connectivity index (χ0v) is 16.9. The average Bonchev–Trinajstić information content (AvgIpc) is 2.96. The topological polar surface area (TPSA) is 69.7 Å². The Morgan fingerprint density at radius 1 is 1.03 bits per heavy atom. The van der Waals surface area contributed by atoms with E-state index in [1.165, 1.54) is 22.5 Å². The Labute approximate surface area is 169 Å². The number of nitrogens with one attached hydrogen (secondary N) is 1. The number of amides is 2. The van der Waals surface area contributed by atoms with Crippen LogP contribution in [0.2, 0.25) is 0 Å². The maximum atomic E-state index is 13.3. The fraction of sp³-hybridized carbons (Fsp3) is 0.350. The average molecular weight is 423 g/mol. The summed E-state index contributed by atoms with van der Waals surface area (Å²) in [7, 11) is -3.74. The molecule has 1 N–H and O–H groups in total. The summed E-state index contributed by atoms with van der Waals surface area (Å²) >= 11 is 0. The molecule has 0 atom stereocenters. The Balaban J connectivity index is 1.59. The number of sulfonamides is 1. The fourth-order valence-electron chi connectivity index (χ4n) is 3.20. The standard InChI is InChI=1S/C20H23F2N3O3S/c1-15-13-16(3-8-19(15)22)14-23-20(26)24-9-2-10-25(12-11-24)29(27,28)18-6-4-17(21)5-7-18/h3-8,13H,2,9-12,14H2,1H3,(H,23,26). The molecular formula is C20H23F2N3O3S. The van der Waals surface area contributed by atoms with Gasteiger partial charge in [-0.3, -0.25) is 0 Å². The van der Waals surface area contributed by atoms with Gasteiger partial charge in [-0.15, -0.1) is 0 Å². The third-order valence-electron chi connectivity index (χ3n) is 4.86. The second kappa shape index (κ2) is 8.87. The molecule has 0 aliphatic carbocycles. The molecule has 2 aromatic rings. The monoisotopic (exact) mass is 423 g/mol. The first-order chi connectivity index (χ1) is 13.8. The van der Waals surface area contributed by atoms with Crippen molar-refractivity contribution in [2.24, 2.45) is 0 Å².